The Morgan fingerprint density at radius 1 is 1.33 bits per heavy atom. The Morgan fingerprint density at radius 2 is 2.05 bits per heavy atom. The second-order valence-electron chi connectivity index (χ2n) is 5.04. The lowest BCUT2D eigenvalue weighted by Gasteiger charge is -2.14. The number of carbonyl (C=O) groups excluding carboxylic acids is 1. The summed E-state index contributed by atoms with van der Waals surface area (Å²) in [6, 6.07) is 2.13. The van der Waals surface area contributed by atoms with Gasteiger partial charge in [0, 0.05) is 19.2 Å². The van der Waals surface area contributed by atoms with Crippen molar-refractivity contribution in [3.05, 3.63) is 29.8 Å². The molecule has 0 saturated carbocycles. The van der Waals surface area contributed by atoms with Crippen molar-refractivity contribution in [2.45, 2.75) is 20.0 Å². The van der Waals surface area contributed by atoms with Gasteiger partial charge in [-0.3, -0.25) is 0 Å². The van der Waals surface area contributed by atoms with Gasteiger partial charge in [-0.2, -0.15) is 0 Å². The third-order valence-corrected chi connectivity index (χ3v) is 2.44. The summed E-state index contributed by atoms with van der Waals surface area (Å²) in [7, 11) is 0. The zero-order chi connectivity index (χ0) is 15.8. The molecule has 0 aliphatic rings. The molecular formula is C14H20F2N2O3. The normalized spacial score (nSPS) is 12.3. The second-order valence-corrected chi connectivity index (χ2v) is 5.04. The van der Waals surface area contributed by atoms with Gasteiger partial charge in [-0.05, 0) is 18.1 Å². The minimum Gasteiger partial charge on any atom is -0.389 e. The Morgan fingerprint density at radius 3 is 2.67 bits per heavy atom. The summed E-state index contributed by atoms with van der Waals surface area (Å²) in [6.45, 7) is 4.55. The monoisotopic (exact) mass is 302 g/mol. The maximum absolute atomic E-state index is 13.3. The average molecular weight is 302 g/mol. The molecule has 0 aromatic heterocycles. The van der Waals surface area contributed by atoms with E-state index in [-0.39, 0.29) is 18.8 Å². The number of hydrogen-bond donors (Lipinski definition) is 3. The summed E-state index contributed by atoms with van der Waals surface area (Å²) in [5.74, 6) is -1.24. The summed E-state index contributed by atoms with van der Waals surface area (Å²) in [5.41, 5.74) is -0.139. The van der Waals surface area contributed by atoms with E-state index in [4.69, 9.17) is 4.74 Å². The maximum Gasteiger partial charge on any atom is 0.319 e. The van der Waals surface area contributed by atoms with E-state index in [0.29, 0.717) is 18.6 Å². The van der Waals surface area contributed by atoms with Crippen molar-refractivity contribution in [1.29, 1.82) is 0 Å². The Hall–Kier alpha value is -1.73. The number of amides is 2. The Kier molecular flexibility index (Phi) is 7.04. The molecule has 1 unspecified atom stereocenters. The molecule has 0 heterocycles. The third kappa shape index (κ3) is 7.01. The second kappa shape index (κ2) is 8.53. The third-order valence-electron chi connectivity index (χ3n) is 2.44. The first-order valence-corrected chi connectivity index (χ1v) is 6.64. The number of carbonyl (C=O) groups is 1. The molecule has 0 radical (unpaired) electrons. The number of rotatable bonds is 7. The van der Waals surface area contributed by atoms with Crippen molar-refractivity contribution in [1.82, 2.24) is 5.32 Å². The SMILES string of the molecule is CC(C)COCC(O)CNC(=O)Nc1ccc(F)cc1F. The zero-order valence-electron chi connectivity index (χ0n) is 12.0. The molecule has 5 nitrogen and oxygen atoms in total. The van der Waals surface area contributed by atoms with Crippen LogP contribution in [-0.4, -0.2) is 37.0 Å². The molecule has 1 aromatic rings. The summed E-state index contributed by atoms with van der Waals surface area (Å²) in [5, 5.41) is 14.2. The minimum absolute atomic E-state index is 0.0350. The van der Waals surface area contributed by atoms with Crippen LogP contribution in [0, 0.1) is 17.6 Å². The van der Waals surface area contributed by atoms with Crippen LogP contribution >= 0.6 is 0 Å². The molecule has 0 fully saturated rings. The van der Waals surface area contributed by atoms with Crippen molar-refractivity contribution in [2.24, 2.45) is 5.92 Å². The standard InChI is InChI=1S/C14H20F2N2O3/c1-9(2)7-21-8-11(19)6-17-14(20)18-13-4-3-10(15)5-12(13)16/h3-5,9,11,19H,6-8H2,1-2H3,(H2,17,18,20). The molecule has 7 heteroatoms. The van der Waals surface area contributed by atoms with E-state index < -0.39 is 23.8 Å². The number of ether oxygens (including phenoxy) is 1. The quantitative estimate of drug-likeness (QED) is 0.722. The number of aliphatic hydroxyl groups is 1. The molecular weight excluding hydrogens is 282 g/mol. The van der Waals surface area contributed by atoms with Gasteiger partial charge in [0.15, 0.2) is 0 Å². The van der Waals surface area contributed by atoms with Gasteiger partial charge in [0.2, 0.25) is 0 Å². The molecule has 0 bridgehead atoms. The highest BCUT2D eigenvalue weighted by molar-refractivity contribution is 5.89. The Labute approximate surface area is 122 Å². The fourth-order valence-electron chi connectivity index (χ4n) is 1.47. The molecule has 1 aromatic carbocycles. The molecule has 1 atom stereocenters. The number of halogens is 2. The smallest absolute Gasteiger partial charge is 0.319 e. The summed E-state index contributed by atoms with van der Waals surface area (Å²) in [6.07, 6.45) is -0.854. The number of hydrogen-bond acceptors (Lipinski definition) is 3. The van der Waals surface area contributed by atoms with Gasteiger partial charge in [0.25, 0.3) is 0 Å². The van der Waals surface area contributed by atoms with E-state index in [9.17, 15) is 18.7 Å². The van der Waals surface area contributed by atoms with E-state index in [1.54, 1.807) is 0 Å². The van der Waals surface area contributed by atoms with Gasteiger partial charge in [-0.1, -0.05) is 13.8 Å². The van der Waals surface area contributed by atoms with E-state index in [0.717, 1.165) is 12.1 Å². The molecule has 118 valence electrons. The van der Waals surface area contributed by atoms with Crippen molar-refractivity contribution in [3.8, 4) is 0 Å². The van der Waals surface area contributed by atoms with Crippen molar-refractivity contribution < 1.29 is 23.4 Å². The highest BCUT2D eigenvalue weighted by Gasteiger charge is 2.10. The van der Waals surface area contributed by atoms with Gasteiger partial charge < -0.3 is 20.5 Å². The Balaban J connectivity index is 2.30. The first-order chi connectivity index (χ1) is 9.88. The van der Waals surface area contributed by atoms with Crippen LogP contribution in [0.2, 0.25) is 0 Å². The zero-order valence-corrected chi connectivity index (χ0v) is 12.0. The van der Waals surface area contributed by atoms with Crippen LogP contribution < -0.4 is 10.6 Å². The lowest BCUT2D eigenvalue weighted by atomic mass is 10.2. The van der Waals surface area contributed by atoms with E-state index >= 15 is 0 Å². The fourth-order valence-corrected chi connectivity index (χ4v) is 1.47. The average Bonchev–Trinajstić information content (AvgIpc) is 2.39. The first kappa shape index (κ1) is 17.3. The molecule has 21 heavy (non-hydrogen) atoms. The number of nitrogens with one attached hydrogen (secondary N) is 2. The number of anilines is 1. The van der Waals surface area contributed by atoms with Crippen LogP contribution in [-0.2, 0) is 4.74 Å². The molecule has 3 N–H and O–H groups in total. The van der Waals surface area contributed by atoms with Gasteiger partial charge in [-0.15, -0.1) is 0 Å². The van der Waals surface area contributed by atoms with Gasteiger partial charge >= 0.3 is 6.03 Å². The van der Waals surface area contributed by atoms with Gasteiger partial charge in [0.05, 0.1) is 18.4 Å². The minimum atomic E-state index is -0.869. The summed E-state index contributed by atoms with van der Waals surface area (Å²) in [4.78, 5) is 11.5. The summed E-state index contributed by atoms with van der Waals surface area (Å²) >= 11 is 0. The number of urea groups is 1. The molecule has 0 spiro atoms. The highest BCUT2D eigenvalue weighted by atomic mass is 19.1. The molecule has 2 amide bonds. The van der Waals surface area contributed by atoms with E-state index in [2.05, 4.69) is 10.6 Å². The van der Waals surface area contributed by atoms with Gasteiger partial charge in [0.1, 0.15) is 11.6 Å². The van der Waals surface area contributed by atoms with Crippen LogP contribution in [0.25, 0.3) is 0 Å². The first-order valence-electron chi connectivity index (χ1n) is 6.64. The topological polar surface area (TPSA) is 70.6 Å². The summed E-state index contributed by atoms with van der Waals surface area (Å²) < 4.78 is 31.2. The van der Waals surface area contributed by atoms with Crippen LogP contribution in [0.15, 0.2) is 18.2 Å². The van der Waals surface area contributed by atoms with Gasteiger partial charge in [-0.25, -0.2) is 13.6 Å². The van der Waals surface area contributed by atoms with Crippen LogP contribution in [0.1, 0.15) is 13.8 Å². The van der Waals surface area contributed by atoms with Crippen molar-refractivity contribution in [3.63, 3.8) is 0 Å². The predicted octanol–water partition coefficient (Wildman–Crippen LogP) is 2.12. The van der Waals surface area contributed by atoms with E-state index in [1.165, 1.54) is 0 Å². The van der Waals surface area contributed by atoms with Crippen LogP contribution in [0.5, 0.6) is 0 Å². The molecule has 0 aliphatic heterocycles. The van der Waals surface area contributed by atoms with Crippen LogP contribution in [0.4, 0.5) is 19.3 Å². The highest BCUT2D eigenvalue weighted by Crippen LogP contribution is 2.14. The van der Waals surface area contributed by atoms with Crippen molar-refractivity contribution >= 4 is 11.7 Å². The molecule has 0 aliphatic carbocycles. The molecule has 0 saturated heterocycles. The van der Waals surface area contributed by atoms with Crippen molar-refractivity contribution in [2.75, 3.05) is 25.1 Å². The predicted molar refractivity (Wildman–Crippen MR) is 75.0 cm³/mol. The number of benzene rings is 1. The van der Waals surface area contributed by atoms with E-state index in [1.807, 2.05) is 13.8 Å². The lowest BCUT2D eigenvalue weighted by Crippen LogP contribution is -2.37. The Bertz CT molecular complexity index is 470. The van der Waals surface area contributed by atoms with Crippen LogP contribution in [0.3, 0.4) is 0 Å². The number of aliphatic hydroxyl groups excluding tert-OH is 1. The molecule has 1 rings (SSSR count). The lowest BCUT2D eigenvalue weighted by molar-refractivity contribution is 0.0274. The fraction of sp³-hybridized carbons (Fsp3) is 0.500. The maximum atomic E-state index is 13.3. The largest absolute Gasteiger partial charge is 0.389 e.